The van der Waals surface area contributed by atoms with E-state index in [4.69, 9.17) is 4.74 Å². The maximum Gasteiger partial charge on any atom is 0.406 e. The number of para-hydroxylation sites is 3. The topological polar surface area (TPSA) is 47.4 Å². The first kappa shape index (κ1) is 18.8. The third-order valence-electron chi connectivity index (χ3n) is 3.98. The van der Waals surface area contributed by atoms with Crippen molar-refractivity contribution in [3.63, 3.8) is 0 Å². The van der Waals surface area contributed by atoms with E-state index >= 15 is 0 Å². The van der Waals surface area contributed by atoms with Crippen molar-refractivity contribution in [3.8, 4) is 5.75 Å². The van der Waals surface area contributed by atoms with Crippen LogP contribution in [-0.4, -0.2) is 40.1 Å². The van der Waals surface area contributed by atoms with Crippen LogP contribution in [0.15, 0.2) is 54.6 Å². The molecule has 0 atom stereocenters. The summed E-state index contributed by atoms with van der Waals surface area (Å²) >= 11 is 0. The summed E-state index contributed by atoms with van der Waals surface area (Å²) in [5.41, 5.74) is 1.31. The molecular weight excluding hydrogens is 359 g/mol. The SMILES string of the molecule is CN(CC(F)(F)F)C(=O)Cn1c(COc2ccccc2)nc2ccccc21. The molecule has 0 bridgehead atoms. The van der Waals surface area contributed by atoms with Crippen molar-refractivity contribution in [3.05, 3.63) is 60.4 Å². The van der Waals surface area contributed by atoms with Gasteiger partial charge in [-0.3, -0.25) is 4.79 Å². The van der Waals surface area contributed by atoms with Gasteiger partial charge in [0.2, 0.25) is 5.91 Å². The molecule has 0 aliphatic carbocycles. The fourth-order valence-electron chi connectivity index (χ4n) is 2.69. The molecule has 1 amide bonds. The number of halogens is 3. The van der Waals surface area contributed by atoms with Crippen molar-refractivity contribution in [2.45, 2.75) is 19.3 Å². The zero-order valence-corrected chi connectivity index (χ0v) is 14.6. The number of ether oxygens (including phenoxy) is 1. The third-order valence-corrected chi connectivity index (χ3v) is 3.98. The second kappa shape index (κ2) is 7.69. The molecule has 5 nitrogen and oxygen atoms in total. The van der Waals surface area contributed by atoms with Crippen LogP contribution in [0.4, 0.5) is 13.2 Å². The predicted octanol–water partition coefficient (Wildman–Crippen LogP) is 3.64. The van der Waals surface area contributed by atoms with Gasteiger partial charge in [0.15, 0.2) is 0 Å². The van der Waals surface area contributed by atoms with Crippen molar-refractivity contribution in [2.75, 3.05) is 13.6 Å². The average molecular weight is 377 g/mol. The summed E-state index contributed by atoms with van der Waals surface area (Å²) in [6.07, 6.45) is -4.44. The lowest BCUT2D eigenvalue weighted by Gasteiger charge is -2.20. The van der Waals surface area contributed by atoms with Crippen LogP contribution in [0.1, 0.15) is 5.82 Å². The van der Waals surface area contributed by atoms with E-state index in [0.717, 1.165) is 7.05 Å². The molecule has 1 heterocycles. The highest BCUT2D eigenvalue weighted by Crippen LogP contribution is 2.20. The zero-order valence-electron chi connectivity index (χ0n) is 14.6. The number of nitrogens with zero attached hydrogens (tertiary/aromatic N) is 3. The third kappa shape index (κ3) is 4.78. The van der Waals surface area contributed by atoms with E-state index in [1.807, 2.05) is 18.2 Å². The Balaban J connectivity index is 1.83. The van der Waals surface area contributed by atoms with Gasteiger partial charge in [0, 0.05) is 7.05 Å². The number of hydrogen-bond acceptors (Lipinski definition) is 3. The van der Waals surface area contributed by atoms with Crippen LogP contribution in [0.3, 0.4) is 0 Å². The summed E-state index contributed by atoms with van der Waals surface area (Å²) in [6, 6.07) is 16.2. The van der Waals surface area contributed by atoms with Crippen LogP contribution in [0.2, 0.25) is 0 Å². The second-order valence-electron chi connectivity index (χ2n) is 6.07. The Morgan fingerprint density at radius 1 is 1.11 bits per heavy atom. The molecule has 142 valence electrons. The quantitative estimate of drug-likeness (QED) is 0.659. The van der Waals surface area contributed by atoms with Gasteiger partial charge in [-0.2, -0.15) is 13.2 Å². The number of fused-ring (bicyclic) bond motifs is 1. The van der Waals surface area contributed by atoms with E-state index in [1.165, 1.54) is 0 Å². The van der Waals surface area contributed by atoms with Gasteiger partial charge in [-0.25, -0.2) is 4.98 Å². The highest BCUT2D eigenvalue weighted by Gasteiger charge is 2.31. The molecule has 8 heteroatoms. The monoisotopic (exact) mass is 377 g/mol. The number of rotatable bonds is 6. The molecule has 3 aromatic rings. The molecule has 0 saturated carbocycles. The number of carbonyl (C=O) groups excluding carboxylic acids is 1. The van der Waals surface area contributed by atoms with Crippen molar-refractivity contribution in [1.29, 1.82) is 0 Å². The smallest absolute Gasteiger partial charge is 0.406 e. The first-order valence-corrected chi connectivity index (χ1v) is 8.26. The van der Waals surface area contributed by atoms with E-state index in [9.17, 15) is 18.0 Å². The predicted molar refractivity (Wildman–Crippen MR) is 94.2 cm³/mol. The van der Waals surface area contributed by atoms with Crippen LogP contribution in [0, 0.1) is 0 Å². The number of aromatic nitrogens is 2. The normalized spacial score (nSPS) is 11.6. The van der Waals surface area contributed by atoms with Gasteiger partial charge in [0.1, 0.15) is 31.3 Å². The maximum absolute atomic E-state index is 12.6. The Hall–Kier alpha value is -3.03. The fourth-order valence-corrected chi connectivity index (χ4v) is 2.69. The van der Waals surface area contributed by atoms with Crippen LogP contribution >= 0.6 is 0 Å². The van der Waals surface area contributed by atoms with Gasteiger partial charge in [-0.15, -0.1) is 0 Å². The lowest BCUT2D eigenvalue weighted by molar-refractivity contribution is -0.158. The Morgan fingerprint density at radius 3 is 2.48 bits per heavy atom. The minimum Gasteiger partial charge on any atom is -0.486 e. The molecule has 0 radical (unpaired) electrons. The lowest BCUT2D eigenvalue weighted by Crippen LogP contribution is -2.38. The summed E-state index contributed by atoms with van der Waals surface area (Å²) < 4.78 is 44.9. The molecular formula is C19H18F3N3O2. The van der Waals surface area contributed by atoms with E-state index in [2.05, 4.69) is 4.98 Å². The molecule has 1 aromatic heterocycles. The van der Waals surface area contributed by atoms with E-state index in [0.29, 0.717) is 27.5 Å². The maximum atomic E-state index is 12.6. The average Bonchev–Trinajstić information content (AvgIpc) is 2.97. The molecule has 0 unspecified atom stereocenters. The molecule has 0 aliphatic heterocycles. The highest BCUT2D eigenvalue weighted by atomic mass is 19.4. The summed E-state index contributed by atoms with van der Waals surface area (Å²) in [4.78, 5) is 17.4. The van der Waals surface area contributed by atoms with Crippen LogP contribution in [-0.2, 0) is 17.9 Å². The lowest BCUT2D eigenvalue weighted by atomic mass is 10.3. The largest absolute Gasteiger partial charge is 0.486 e. The Labute approximate surface area is 154 Å². The second-order valence-corrected chi connectivity index (χ2v) is 6.07. The van der Waals surface area contributed by atoms with E-state index in [1.54, 1.807) is 41.0 Å². The molecule has 0 spiro atoms. The summed E-state index contributed by atoms with van der Waals surface area (Å²) in [6.45, 7) is -1.45. The Kier molecular flexibility index (Phi) is 5.34. The molecule has 0 N–H and O–H groups in total. The van der Waals surface area contributed by atoms with Crippen molar-refractivity contribution in [1.82, 2.24) is 14.5 Å². The summed E-state index contributed by atoms with van der Waals surface area (Å²) in [7, 11) is 1.13. The number of amides is 1. The van der Waals surface area contributed by atoms with E-state index in [-0.39, 0.29) is 13.2 Å². The van der Waals surface area contributed by atoms with Gasteiger partial charge < -0.3 is 14.2 Å². The van der Waals surface area contributed by atoms with Crippen molar-refractivity contribution < 1.29 is 22.7 Å². The van der Waals surface area contributed by atoms with E-state index < -0.39 is 18.6 Å². The molecule has 0 saturated heterocycles. The number of benzene rings is 2. The zero-order chi connectivity index (χ0) is 19.4. The molecule has 2 aromatic carbocycles. The van der Waals surface area contributed by atoms with Crippen LogP contribution in [0.25, 0.3) is 11.0 Å². The number of carbonyl (C=O) groups is 1. The first-order valence-electron chi connectivity index (χ1n) is 8.26. The van der Waals surface area contributed by atoms with Crippen LogP contribution in [0.5, 0.6) is 5.75 Å². The number of hydrogen-bond donors (Lipinski definition) is 0. The molecule has 27 heavy (non-hydrogen) atoms. The van der Waals surface area contributed by atoms with Gasteiger partial charge >= 0.3 is 6.18 Å². The minimum atomic E-state index is -4.44. The Morgan fingerprint density at radius 2 is 1.78 bits per heavy atom. The van der Waals surface area contributed by atoms with Gasteiger partial charge in [-0.1, -0.05) is 30.3 Å². The number of alkyl halides is 3. The van der Waals surface area contributed by atoms with Crippen molar-refractivity contribution >= 4 is 16.9 Å². The number of imidazole rings is 1. The molecule has 0 aliphatic rings. The standard InChI is InChI=1S/C19H18F3N3O2/c1-24(13-19(20,21)22)18(26)11-25-16-10-6-5-9-15(16)23-17(25)12-27-14-7-3-2-4-8-14/h2-10H,11-13H2,1H3. The minimum absolute atomic E-state index is 0.0922. The summed E-state index contributed by atoms with van der Waals surface area (Å²) in [5, 5.41) is 0. The van der Waals surface area contributed by atoms with Gasteiger partial charge in [0.05, 0.1) is 11.0 Å². The highest BCUT2D eigenvalue weighted by molar-refractivity contribution is 5.81. The van der Waals surface area contributed by atoms with Gasteiger partial charge in [-0.05, 0) is 24.3 Å². The first-order chi connectivity index (χ1) is 12.8. The van der Waals surface area contributed by atoms with Crippen LogP contribution < -0.4 is 4.74 Å². The summed E-state index contributed by atoms with van der Waals surface area (Å²) in [5.74, 6) is 0.446. The van der Waals surface area contributed by atoms with Crippen molar-refractivity contribution in [2.24, 2.45) is 0 Å². The van der Waals surface area contributed by atoms with Gasteiger partial charge in [0.25, 0.3) is 0 Å². The fraction of sp³-hybridized carbons (Fsp3) is 0.263. The molecule has 3 rings (SSSR count). The Bertz CT molecular complexity index is 923. The molecule has 0 fully saturated rings. The number of likely N-dealkylation sites (N-methyl/N-ethyl adjacent to an activating group) is 1.